The Morgan fingerprint density at radius 3 is 2.93 bits per heavy atom. The predicted octanol–water partition coefficient (Wildman–Crippen LogP) is 1.13. The fraction of sp³-hybridized carbons (Fsp3) is 0.600. The molecule has 5 heteroatoms. The van der Waals surface area contributed by atoms with Gasteiger partial charge in [0.25, 0.3) is 5.91 Å². The third-order valence-corrected chi connectivity index (χ3v) is 3.08. The summed E-state index contributed by atoms with van der Waals surface area (Å²) in [6.45, 7) is 6.54. The Hall–Kier alpha value is -0.940. The Bertz CT molecular complexity index is 324. The van der Waals surface area contributed by atoms with Gasteiger partial charge in [-0.15, -0.1) is 11.3 Å². The fourth-order valence-corrected chi connectivity index (χ4v) is 1.77. The molecule has 0 radical (unpaired) electrons. The van der Waals surface area contributed by atoms with Gasteiger partial charge in [-0.1, -0.05) is 6.92 Å². The summed E-state index contributed by atoms with van der Waals surface area (Å²) in [5, 5.41) is 3.79. The van der Waals surface area contributed by atoms with Crippen LogP contribution >= 0.6 is 11.3 Å². The number of carbonyl (C=O) groups is 1. The highest BCUT2D eigenvalue weighted by Crippen LogP contribution is 2.10. The summed E-state index contributed by atoms with van der Waals surface area (Å²) in [7, 11) is 2.03. The van der Waals surface area contributed by atoms with E-state index in [1.54, 1.807) is 6.20 Å². The summed E-state index contributed by atoms with van der Waals surface area (Å²) in [6.07, 6.45) is 1.62. The molecule has 1 heterocycles. The number of aromatic nitrogens is 1. The predicted molar refractivity (Wildman–Crippen MR) is 62.4 cm³/mol. The highest BCUT2D eigenvalue weighted by atomic mass is 32.1. The van der Waals surface area contributed by atoms with Crippen LogP contribution in [0.2, 0.25) is 0 Å². The average molecular weight is 227 g/mol. The molecule has 0 bridgehead atoms. The molecule has 0 unspecified atom stereocenters. The molecule has 1 amide bonds. The zero-order valence-electron chi connectivity index (χ0n) is 9.41. The number of rotatable bonds is 5. The second-order valence-corrected chi connectivity index (χ2v) is 4.63. The third kappa shape index (κ3) is 3.97. The summed E-state index contributed by atoms with van der Waals surface area (Å²) < 4.78 is 0. The van der Waals surface area contributed by atoms with Gasteiger partial charge < -0.3 is 10.2 Å². The Balaban J connectivity index is 2.31. The highest BCUT2D eigenvalue weighted by molar-refractivity contribution is 7.13. The van der Waals surface area contributed by atoms with Crippen molar-refractivity contribution in [3.8, 4) is 0 Å². The molecule has 0 saturated carbocycles. The summed E-state index contributed by atoms with van der Waals surface area (Å²) in [4.78, 5) is 18.5. The molecular formula is C10H17N3OS. The van der Waals surface area contributed by atoms with Crippen molar-refractivity contribution in [2.45, 2.75) is 13.8 Å². The van der Waals surface area contributed by atoms with Crippen LogP contribution in [0.5, 0.6) is 0 Å². The van der Waals surface area contributed by atoms with Gasteiger partial charge in [-0.3, -0.25) is 4.79 Å². The summed E-state index contributed by atoms with van der Waals surface area (Å²) in [5.74, 6) is -0.0231. The largest absolute Gasteiger partial charge is 0.350 e. The molecule has 0 saturated heterocycles. The molecule has 0 atom stereocenters. The first-order chi connectivity index (χ1) is 7.13. The number of hydrogen-bond donors (Lipinski definition) is 1. The normalized spacial score (nSPS) is 10.7. The minimum absolute atomic E-state index is 0.0231. The third-order valence-electron chi connectivity index (χ3n) is 2.16. The lowest BCUT2D eigenvalue weighted by Gasteiger charge is -2.13. The molecule has 0 aliphatic rings. The van der Waals surface area contributed by atoms with Gasteiger partial charge in [0.2, 0.25) is 0 Å². The van der Waals surface area contributed by atoms with E-state index in [1.807, 2.05) is 14.0 Å². The van der Waals surface area contributed by atoms with Crippen LogP contribution in [0.3, 0.4) is 0 Å². The van der Waals surface area contributed by atoms with Gasteiger partial charge in [0.1, 0.15) is 4.88 Å². The molecule has 0 fully saturated rings. The first-order valence-electron chi connectivity index (χ1n) is 5.02. The summed E-state index contributed by atoms with van der Waals surface area (Å²) in [5.41, 5.74) is 0. The summed E-state index contributed by atoms with van der Waals surface area (Å²) in [6, 6.07) is 0. The molecule has 1 aromatic heterocycles. The second-order valence-electron chi connectivity index (χ2n) is 3.40. The Labute approximate surface area is 94.3 Å². The molecule has 1 N–H and O–H groups in total. The van der Waals surface area contributed by atoms with Crippen LogP contribution in [-0.2, 0) is 0 Å². The number of likely N-dealkylation sites (N-methyl/N-ethyl adjacent to an activating group) is 1. The summed E-state index contributed by atoms with van der Waals surface area (Å²) >= 11 is 1.42. The molecular weight excluding hydrogens is 210 g/mol. The second kappa shape index (κ2) is 5.82. The van der Waals surface area contributed by atoms with Gasteiger partial charge in [-0.05, 0) is 20.5 Å². The lowest BCUT2D eigenvalue weighted by molar-refractivity contribution is 0.0954. The van der Waals surface area contributed by atoms with E-state index in [0.29, 0.717) is 11.4 Å². The molecule has 4 nitrogen and oxygen atoms in total. The molecule has 0 aliphatic carbocycles. The van der Waals surface area contributed by atoms with E-state index in [9.17, 15) is 4.79 Å². The monoisotopic (exact) mass is 227 g/mol. The molecule has 84 valence electrons. The molecule has 1 aromatic rings. The van der Waals surface area contributed by atoms with E-state index in [-0.39, 0.29) is 5.91 Å². The van der Waals surface area contributed by atoms with Crippen molar-refractivity contribution in [1.82, 2.24) is 15.2 Å². The van der Waals surface area contributed by atoms with E-state index in [4.69, 9.17) is 0 Å². The van der Waals surface area contributed by atoms with Gasteiger partial charge in [-0.2, -0.15) is 0 Å². The number of aryl methyl sites for hydroxylation is 1. The average Bonchev–Trinajstić information content (AvgIpc) is 2.64. The maximum atomic E-state index is 11.6. The SMILES string of the molecule is CCN(C)CCNC(=O)c1cnc(C)s1. The van der Waals surface area contributed by atoms with Gasteiger partial charge >= 0.3 is 0 Å². The highest BCUT2D eigenvalue weighted by Gasteiger charge is 2.07. The van der Waals surface area contributed by atoms with Crippen molar-refractivity contribution in [3.63, 3.8) is 0 Å². The lowest BCUT2D eigenvalue weighted by atomic mass is 10.4. The van der Waals surface area contributed by atoms with E-state index >= 15 is 0 Å². The van der Waals surface area contributed by atoms with Gasteiger partial charge in [0.05, 0.1) is 11.2 Å². The van der Waals surface area contributed by atoms with E-state index in [0.717, 1.165) is 18.1 Å². The molecule has 0 spiro atoms. The number of nitrogens with one attached hydrogen (secondary N) is 1. The van der Waals surface area contributed by atoms with Crippen LogP contribution in [0.25, 0.3) is 0 Å². The van der Waals surface area contributed by atoms with Gasteiger partial charge in [0.15, 0.2) is 0 Å². The number of nitrogens with zero attached hydrogens (tertiary/aromatic N) is 2. The van der Waals surface area contributed by atoms with E-state index in [2.05, 4.69) is 22.1 Å². The fourth-order valence-electron chi connectivity index (χ4n) is 1.07. The quantitative estimate of drug-likeness (QED) is 0.820. The zero-order chi connectivity index (χ0) is 11.3. The van der Waals surface area contributed by atoms with Crippen LogP contribution in [0, 0.1) is 6.92 Å². The van der Waals surface area contributed by atoms with Crippen LogP contribution in [-0.4, -0.2) is 42.5 Å². The maximum absolute atomic E-state index is 11.6. The van der Waals surface area contributed by atoms with Crippen LogP contribution < -0.4 is 5.32 Å². The molecule has 0 aromatic carbocycles. The smallest absolute Gasteiger partial charge is 0.263 e. The van der Waals surface area contributed by atoms with E-state index < -0.39 is 0 Å². The van der Waals surface area contributed by atoms with Crippen LogP contribution in [0.15, 0.2) is 6.20 Å². The van der Waals surface area contributed by atoms with Crippen molar-refractivity contribution in [2.24, 2.45) is 0 Å². The van der Waals surface area contributed by atoms with Crippen molar-refractivity contribution < 1.29 is 4.79 Å². The Kier molecular flexibility index (Phi) is 4.71. The number of carbonyl (C=O) groups excluding carboxylic acids is 1. The van der Waals surface area contributed by atoms with Crippen molar-refractivity contribution in [1.29, 1.82) is 0 Å². The standard InChI is InChI=1S/C10H17N3OS/c1-4-13(3)6-5-11-10(14)9-7-12-8(2)15-9/h7H,4-6H2,1-3H3,(H,11,14). The first-order valence-corrected chi connectivity index (χ1v) is 5.84. The Morgan fingerprint density at radius 2 is 2.40 bits per heavy atom. The number of thiazole rings is 1. The minimum atomic E-state index is -0.0231. The number of amides is 1. The van der Waals surface area contributed by atoms with E-state index in [1.165, 1.54) is 11.3 Å². The van der Waals surface area contributed by atoms with Crippen LogP contribution in [0.1, 0.15) is 21.6 Å². The van der Waals surface area contributed by atoms with Gasteiger partial charge in [0, 0.05) is 13.1 Å². The Morgan fingerprint density at radius 1 is 1.67 bits per heavy atom. The first kappa shape index (κ1) is 12.1. The number of hydrogen-bond acceptors (Lipinski definition) is 4. The van der Waals surface area contributed by atoms with Crippen molar-refractivity contribution in [3.05, 3.63) is 16.1 Å². The maximum Gasteiger partial charge on any atom is 0.263 e. The van der Waals surface area contributed by atoms with Crippen LogP contribution in [0.4, 0.5) is 0 Å². The van der Waals surface area contributed by atoms with Crippen molar-refractivity contribution in [2.75, 3.05) is 26.7 Å². The molecule has 0 aliphatic heterocycles. The topological polar surface area (TPSA) is 45.2 Å². The van der Waals surface area contributed by atoms with Gasteiger partial charge in [-0.25, -0.2) is 4.98 Å². The van der Waals surface area contributed by atoms with Crippen molar-refractivity contribution >= 4 is 17.2 Å². The zero-order valence-corrected chi connectivity index (χ0v) is 10.2. The molecule has 1 rings (SSSR count). The minimum Gasteiger partial charge on any atom is -0.350 e. The lowest BCUT2D eigenvalue weighted by Crippen LogP contribution is -2.32. The molecule has 15 heavy (non-hydrogen) atoms.